The maximum Gasteiger partial charge on any atom is 0.124 e. The molecule has 0 spiro atoms. The van der Waals surface area contributed by atoms with Crippen LogP contribution in [0.2, 0.25) is 0 Å². The molecule has 0 aliphatic heterocycles. The van der Waals surface area contributed by atoms with Crippen LogP contribution in [-0.4, -0.2) is 36.8 Å². The van der Waals surface area contributed by atoms with Crippen LogP contribution in [0.15, 0.2) is 47.2 Å². The van der Waals surface area contributed by atoms with E-state index in [4.69, 9.17) is 9.47 Å². The first-order valence-electron chi connectivity index (χ1n) is 15.7. The second kappa shape index (κ2) is 13.0. The molecule has 2 fully saturated rings. The zero-order valence-corrected chi connectivity index (χ0v) is 26.6. The smallest absolute Gasteiger partial charge is 0.124 e. The summed E-state index contributed by atoms with van der Waals surface area (Å²) in [6.07, 6.45) is 14.1. The molecule has 0 heterocycles. The van der Waals surface area contributed by atoms with Gasteiger partial charge in [0.25, 0.3) is 0 Å². The van der Waals surface area contributed by atoms with Gasteiger partial charge in [-0.1, -0.05) is 118 Å². The zero-order valence-electron chi connectivity index (χ0n) is 25.7. The van der Waals surface area contributed by atoms with Gasteiger partial charge in [-0.05, 0) is 65.9 Å². The Morgan fingerprint density at radius 1 is 0.737 bits per heavy atom. The van der Waals surface area contributed by atoms with Crippen LogP contribution < -0.4 is 0 Å². The van der Waals surface area contributed by atoms with Crippen LogP contribution in [0.1, 0.15) is 111 Å². The molecular weight excluding hydrogens is 483 g/mol. The molecule has 3 aliphatic rings. The van der Waals surface area contributed by atoms with Crippen LogP contribution in [-0.2, 0) is 9.47 Å². The quantitative estimate of drug-likeness (QED) is 0.291. The molecule has 0 radical (unpaired) electrons. The van der Waals surface area contributed by atoms with E-state index in [0.717, 1.165) is 17.1 Å². The number of hydrogen-bond donors (Lipinski definition) is 0. The summed E-state index contributed by atoms with van der Waals surface area (Å²) in [6.45, 7) is 14.6. The van der Waals surface area contributed by atoms with Crippen molar-refractivity contribution in [2.75, 3.05) is 14.2 Å². The van der Waals surface area contributed by atoms with E-state index < -0.39 is 0 Å². The molecule has 2 atom stereocenters. The molecule has 0 saturated heterocycles. The first kappa shape index (κ1) is 29.9. The Balaban J connectivity index is 2.15. The molecule has 3 aliphatic carbocycles. The van der Waals surface area contributed by atoms with Gasteiger partial charge in [-0.25, -0.2) is 0 Å². The highest BCUT2D eigenvalue weighted by atomic mass is 31.1. The molecule has 2 unspecified atom stereocenters. The van der Waals surface area contributed by atoms with Crippen molar-refractivity contribution >= 4 is 13.5 Å². The summed E-state index contributed by atoms with van der Waals surface area (Å²) in [5.41, 5.74) is 7.47. The molecule has 2 nitrogen and oxygen atoms in total. The van der Waals surface area contributed by atoms with Crippen molar-refractivity contribution < 1.29 is 9.47 Å². The second-order valence-corrected chi connectivity index (χ2v) is 16.1. The number of methoxy groups -OCH3 is 2. The average molecular weight is 539 g/mol. The fourth-order valence-corrected chi connectivity index (χ4v) is 13.7. The van der Waals surface area contributed by atoms with Crippen LogP contribution in [0.5, 0.6) is 0 Å². The summed E-state index contributed by atoms with van der Waals surface area (Å²) in [7, 11) is 3.54. The number of allylic oxidation sites excluding steroid dienone is 1. The molecule has 0 amide bonds. The lowest BCUT2D eigenvalue weighted by Gasteiger charge is -2.60. The van der Waals surface area contributed by atoms with Gasteiger partial charge in [0, 0.05) is 23.4 Å². The Labute approximate surface area is 235 Å². The Morgan fingerprint density at radius 3 is 1.66 bits per heavy atom. The average Bonchev–Trinajstić information content (AvgIpc) is 2.93. The van der Waals surface area contributed by atoms with E-state index in [1.165, 1.54) is 80.9 Å². The number of hydrogen-bond acceptors (Lipinski definition) is 2. The normalized spacial score (nSPS) is 26.4. The molecule has 2 saturated carbocycles. The molecule has 38 heavy (non-hydrogen) atoms. The minimum Gasteiger partial charge on any atom is -0.496 e. The van der Waals surface area contributed by atoms with Gasteiger partial charge in [-0.3, -0.25) is 0 Å². The third-order valence-corrected chi connectivity index (χ3v) is 14.2. The zero-order chi connectivity index (χ0) is 27.4. The number of ether oxygens (including phenoxy) is 2. The second-order valence-electron chi connectivity index (χ2n) is 13.0. The van der Waals surface area contributed by atoms with Crippen LogP contribution in [0.3, 0.4) is 0 Å². The summed E-state index contributed by atoms with van der Waals surface area (Å²) in [4.78, 5) is 0. The van der Waals surface area contributed by atoms with Crippen molar-refractivity contribution in [3.8, 4) is 0 Å². The lowest BCUT2D eigenvalue weighted by atomic mass is 9.67. The van der Waals surface area contributed by atoms with Crippen LogP contribution in [0.25, 0.3) is 5.57 Å². The maximum absolute atomic E-state index is 6.86. The summed E-state index contributed by atoms with van der Waals surface area (Å²) < 4.78 is 13.3. The summed E-state index contributed by atoms with van der Waals surface area (Å²) in [5.74, 6) is 2.32. The van der Waals surface area contributed by atoms with Crippen molar-refractivity contribution in [2.45, 2.75) is 128 Å². The highest BCUT2D eigenvalue weighted by Crippen LogP contribution is 2.73. The summed E-state index contributed by atoms with van der Waals surface area (Å²) in [5, 5.41) is -0.0311. The van der Waals surface area contributed by atoms with Crippen LogP contribution >= 0.6 is 7.92 Å². The molecular formula is C35H55O2P. The van der Waals surface area contributed by atoms with E-state index in [-0.39, 0.29) is 19.2 Å². The largest absolute Gasteiger partial charge is 0.496 e. The van der Waals surface area contributed by atoms with Gasteiger partial charge in [0.05, 0.1) is 13.2 Å². The van der Waals surface area contributed by atoms with Crippen molar-refractivity contribution in [2.24, 2.45) is 17.8 Å². The highest BCUT2D eigenvalue weighted by Gasteiger charge is 2.60. The van der Waals surface area contributed by atoms with E-state index in [1.807, 2.05) is 14.2 Å². The van der Waals surface area contributed by atoms with E-state index in [0.29, 0.717) is 17.8 Å². The van der Waals surface area contributed by atoms with E-state index >= 15 is 0 Å². The van der Waals surface area contributed by atoms with Crippen molar-refractivity contribution in [3.63, 3.8) is 0 Å². The Kier molecular flexibility index (Phi) is 10.2. The Morgan fingerprint density at radius 2 is 1.26 bits per heavy atom. The predicted octanol–water partition coefficient (Wildman–Crippen LogP) is 10.2. The third kappa shape index (κ3) is 5.31. The summed E-state index contributed by atoms with van der Waals surface area (Å²) >= 11 is 0. The van der Waals surface area contributed by atoms with Gasteiger partial charge in [0.1, 0.15) is 5.76 Å². The van der Waals surface area contributed by atoms with Crippen LogP contribution in [0, 0.1) is 17.8 Å². The van der Waals surface area contributed by atoms with Crippen molar-refractivity contribution in [1.82, 2.24) is 0 Å². The Bertz CT molecular complexity index is 945. The van der Waals surface area contributed by atoms with Gasteiger partial charge >= 0.3 is 0 Å². The van der Waals surface area contributed by atoms with E-state index in [9.17, 15) is 0 Å². The van der Waals surface area contributed by atoms with E-state index in [2.05, 4.69) is 71.9 Å². The molecule has 3 heteroatoms. The molecule has 0 aromatic heterocycles. The maximum atomic E-state index is 6.86. The molecule has 0 N–H and O–H groups in total. The predicted molar refractivity (Wildman–Crippen MR) is 166 cm³/mol. The minimum absolute atomic E-state index is 0.0311. The van der Waals surface area contributed by atoms with Crippen molar-refractivity contribution in [1.29, 1.82) is 0 Å². The third-order valence-electron chi connectivity index (χ3n) is 9.80. The first-order chi connectivity index (χ1) is 18.3. The SMILES string of the molecule is COC1=C(C(C)C)C(OC)C(C(C)C)(P(C2CCCCC2)C2CCCCC2)C(c2ccccc2)=C1C(C)C. The van der Waals surface area contributed by atoms with Gasteiger partial charge in [-0.2, -0.15) is 0 Å². The lowest BCUT2D eigenvalue weighted by Crippen LogP contribution is -2.55. The topological polar surface area (TPSA) is 18.5 Å². The summed E-state index contributed by atoms with van der Waals surface area (Å²) in [6, 6.07) is 11.4. The highest BCUT2D eigenvalue weighted by molar-refractivity contribution is 7.61. The minimum atomic E-state index is -0.346. The number of benzene rings is 1. The molecule has 0 bridgehead atoms. The lowest BCUT2D eigenvalue weighted by molar-refractivity contribution is 0.0790. The van der Waals surface area contributed by atoms with Gasteiger partial charge in [-0.15, -0.1) is 0 Å². The van der Waals surface area contributed by atoms with Crippen LogP contribution in [0.4, 0.5) is 0 Å². The molecule has 1 aromatic rings. The Hall–Kier alpha value is -1.11. The molecule has 1 aromatic carbocycles. The molecule has 4 rings (SSSR count). The first-order valence-corrected chi connectivity index (χ1v) is 17.2. The van der Waals surface area contributed by atoms with E-state index in [1.54, 1.807) is 5.57 Å². The number of rotatable bonds is 9. The fourth-order valence-electron chi connectivity index (χ4n) is 8.39. The monoisotopic (exact) mass is 538 g/mol. The van der Waals surface area contributed by atoms with Gasteiger partial charge in [0.2, 0.25) is 0 Å². The standard InChI is InChI=1S/C35H55O2P/c1-24(2)30-32(27-18-12-9-13-19-27)35(26(5)6,34(37-8)31(25(3)4)33(30)36-7)38(28-20-14-10-15-21-28)29-22-16-11-17-23-29/h9,12-13,18-19,24-26,28-29,34H,10-11,14-17,20-23H2,1-8H3. The van der Waals surface area contributed by atoms with Gasteiger partial charge in [0.15, 0.2) is 0 Å². The van der Waals surface area contributed by atoms with Gasteiger partial charge < -0.3 is 9.47 Å². The fraction of sp³-hybridized carbons (Fsp3) is 0.714. The molecule has 212 valence electrons. The van der Waals surface area contributed by atoms with Crippen molar-refractivity contribution in [3.05, 3.63) is 52.8 Å².